The van der Waals surface area contributed by atoms with Crippen LogP contribution in [0.1, 0.15) is 17.0 Å². The van der Waals surface area contributed by atoms with Crippen molar-refractivity contribution in [2.45, 2.75) is 6.92 Å². The van der Waals surface area contributed by atoms with Gasteiger partial charge in [0.05, 0.1) is 21.2 Å². The number of nitrogens with zero attached hydrogens (tertiary/aromatic N) is 2. The molecule has 0 saturated heterocycles. The maximum Gasteiger partial charge on any atom is 0.498 e. The molecule has 0 atom stereocenters. The van der Waals surface area contributed by atoms with Gasteiger partial charge in [-0.3, -0.25) is 0 Å². The smallest absolute Gasteiger partial charge is 0.498 e. The van der Waals surface area contributed by atoms with E-state index < -0.39 is 0 Å². The van der Waals surface area contributed by atoms with E-state index in [1.807, 2.05) is 13.0 Å². The van der Waals surface area contributed by atoms with E-state index in [0.717, 1.165) is 11.4 Å². The second-order valence-electron chi connectivity index (χ2n) is 4.87. The Labute approximate surface area is 135 Å². The van der Waals surface area contributed by atoms with Crippen molar-refractivity contribution < 1.29 is 26.8 Å². The van der Waals surface area contributed by atoms with E-state index >= 15 is 0 Å². The molecule has 1 aromatic carbocycles. The predicted molar refractivity (Wildman–Crippen MR) is 81.2 cm³/mol. The first-order valence-corrected chi connectivity index (χ1v) is 6.56. The molecule has 0 fully saturated rings. The molecule has 1 N–H and O–H groups in total. The average Bonchev–Trinajstić information content (AvgIpc) is 2.48. The molecule has 1 aromatic heterocycles. The monoisotopic (exact) mass is 322 g/mol. The van der Waals surface area contributed by atoms with Gasteiger partial charge in [-0.2, -0.15) is 13.9 Å². The van der Waals surface area contributed by atoms with Gasteiger partial charge in [0.25, 0.3) is 0 Å². The SMILES string of the molecule is COc1ccc(C=Cc2cc(C)n(C)c(=O)[n+]2C)c(O)c1.[Cl-]. The molecule has 0 bridgehead atoms. The molecule has 0 amide bonds. The van der Waals surface area contributed by atoms with Gasteiger partial charge in [-0.1, -0.05) is 0 Å². The molecule has 1 heterocycles. The van der Waals surface area contributed by atoms with Gasteiger partial charge in [0, 0.05) is 17.7 Å². The lowest BCUT2D eigenvalue weighted by Gasteiger charge is -2.04. The van der Waals surface area contributed by atoms with Gasteiger partial charge in [-0.15, -0.1) is 0 Å². The molecule has 2 aromatic rings. The molecule has 118 valence electrons. The highest BCUT2D eigenvalue weighted by molar-refractivity contribution is 5.70. The number of aromatic nitrogens is 2. The van der Waals surface area contributed by atoms with E-state index in [-0.39, 0.29) is 23.8 Å². The van der Waals surface area contributed by atoms with E-state index in [1.54, 1.807) is 60.7 Å². The summed E-state index contributed by atoms with van der Waals surface area (Å²) in [6.07, 6.45) is 3.57. The van der Waals surface area contributed by atoms with Crippen molar-refractivity contribution in [2.75, 3.05) is 7.11 Å². The van der Waals surface area contributed by atoms with Crippen molar-refractivity contribution in [2.24, 2.45) is 14.1 Å². The summed E-state index contributed by atoms with van der Waals surface area (Å²) in [5.41, 5.74) is 2.21. The van der Waals surface area contributed by atoms with Gasteiger partial charge in [0.15, 0.2) is 0 Å². The Morgan fingerprint density at radius 2 is 1.95 bits per heavy atom. The minimum atomic E-state index is -0.0893. The highest BCUT2D eigenvalue weighted by Crippen LogP contribution is 2.24. The molecule has 0 radical (unpaired) electrons. The zero-order valence-corrected chi connectivity index (χ0v) is 13.8. The van der Waals surface area contributed by atoms with Crippen molar-refractivity contribution in [3.8, 4) is 11.5 Å². The number of hydrogen-bond acceptors (Lipinski definition) is 3. The van der Waals surface area contributed by atoms with Gasteiger partial charge in [-0.05, 0) is 31.2 Å². The van der Waals surface area contributed by atoms with Crippen molar-refractivity contribution in [3.63, 3.8) is 0 Å². The van der Waals surface area contributed by atoms with E-state index in [2.05, 4.69) is 0 Å². The number of phenolic OH excluding ortho intramolecular Hbond substituents is 1. The van der Waals surface area contributed by atoms with Crippen molar-refractivity contribution in [1.29, 1.82) is 0 Å². The topological polar surface area (TPSA) is 55.3 Å². The molecule has 5 nitrogen and oxygen atoms in total. The summed E-state index contributed by atoms with van der Waals surface area (Å²) < 4.78 is 8.19. The van der Waals surface area contributed by atoms with Crippen LogP contribution in [-0.4, -0.2) is 16.8 Å². The second kappa shape index (κ2) is 7.13. The Morgan fingerprint density at radius 1 is 1.27 bits per heavy atom. The zero-order valence-electron chi connectivity index (χ0n) is 13.0. The Balaban J connectivity index is 0.00000242. The molecule has 0 spiro atoms. The summed E-state index contributed by atoms with van der Waals surface area (Å²) in [5, 5.41) is 9.92. The van der Waals surface area contributed by atoms with Gasteiger partial charge in [0.1, 0.15) is 22.9 Å². The molecule has 6 heteroatoms. The van der Waals surface area contributed by atoms with E-state index in [9.17, 15) is 9.90 Å². The summed E-state index contributed by atoms with van der Waals surface area (Å²) in [5.74, 6) is 0.730. The summed E-state index contributed by atoms with van der Waals surface area (Å²) in [6, 6.07) is 7.00. The van der Waals surface area contributed by atoms with E-state index in [0.29, 0.717) is 11.3 Å². The number of halogens is 1. The third-order valence-electron chi connectivity index (χ3n) is 3.52. The Kier molecular flexibility index (Phi) is 5.77. The Morgan fingerprint density at radius 3 is 2.55 bits per heavy atom. The number of phenols is 1. The summed E-state index contributed by atoms with van der Waals surface area (Å²) in [6.45, 7) is 1.88. The lowest BCUT2D eigenvalue weighted by atomic mass is 10.1. The van der Waals surface area contributed by atoms with Crippen LogP contribution in [0.25, 0.3) is 12.2 Å². The minimum absolute atomic E-state index is 0. The molecule has 0 saturated carbocycles. The van der Waals surface area contributed by atoms with Crippen LogP contribution in [0.4, 0.5) is 0 Å². The van der Waals surface area contributed by atoms with Gasteiger partial charge < -0.3 is 22.3 Å². The van der Waals surface area contributed by atoms with Gasteiger partial charge in [0.2, 0.25) is 0 Å². The first-order valence-electron chi connectivity index (χ1n) is 6.56. The first-order chi connectivity index (χ1) is 9.93. The fourth-order valence-electron chi connectivity index (χ4n) is 2.02. The Bertz CT molecular complexity index is 767. The second-order valence-corrected chi connectivity index (χ2v) is 4.87. The Hall–Kier alpha value is -2.27. The van der Waals surface area contributed by atoms with Gasteiger partial charge in [-0.25, -0.2) is 0 Å². The number of benzene rings is 1. The summed E-state index contributed by atoms with van der Waals surface area (Å²) >= 11 is 0. The van der Waals surface area contributed by atoms with Crippen LogP contribution in [-0.2, 0) is 14.1 Å². The maximum atomic E-state index is 12.0. The highest BCUT2D eigenvalue weighted by Gasteiger charge is 2.11. The van der Waals surface area contributed by atoms with Crippen LogP contribution in [0.3, 0.4) is 0 Å². The fraction of sp³-hybridized carbons (Fsp3) is 0.250. The standard InChI is InChI=1S/C16H18N2O3.ClH/c1-11-9-13(18(3)16(20)17(11)2)7-5-12-6-8-14(21-4)10-15(12)19;/h5-10H,1-4H3;1H. The molecular formula is C16H19ClN2O3. The molecule has 22 heavy (non-hydrogen) atoms. The highest BCUT2D eigenvalue weighted by atomic mass is 35.5. The van der Waals surface area contributed by atoms with Crippen LogP contribution in [0.15, 0.2) is 29.1 Å². The lowest BCUT2D eigenvalue weighted by Crippen LogP contribution is -3.00. The normalized spacial score (nSPS) is 10.5. The van der Waals surface area contributed by atoms with E-state index in [4.69, 9.17) is 4.74 Å². The van der Waals surface area contributed by atoms with Crippen LogP contribution in [0.5, 0.6) is 11.5 Å². The van der Waals surface area contributed by atoms with Crippen molar-refractivity contribution >= 4 is 12.2 Å². The largest absolute Gasteiger partial charge is 1.00 e. The summed E-state index contributed by atoms with van der Waals surface area (Å²) in [7, 11) is 5.00. The van der Waals surface area contributed by atoms with Gasteiger partial charge >= 0.3 is 5.69 Å². The quantitative estimate of drug-likeness (QED) is 0.693. The van der Waals surface area contributed by atoms with Crippen molar-refractivity contribution in [3.05, 3.63) is 51.7 Å². The molecule has 0 unspecified atom stereocenters. The molecular weight excluding hydrogens is 304 g/mol. The van der Waals surface area contributed by atoms with Crippen molar-refractivity contribution in [1.82, 2.24) is 4.57 Å². The number of aromatic hydroxyl groups is 1. The summed E-state index contributed by atoms with van der Waals surface area (Å²) in [4.78, 5) is 12.0. The fourth-order valence-corrected chi connectivity index (χ4v) is 2.02. The first kappa shape index (κ1) is 17.8. The zero-order chi connectivity index (χ0) is 15.6. The third-order valence-corrected chi connectivity index (χ3v) is 3.52. The molecule has 0 aliphatic carbocycles. The number of methoxy groups -OCH3 is 1. The number of hydrogen-bond donors (Lipinski definition) is 1. The number of aryl methyl sites for hydroxylation is 1. The number of rotatable bonds is 3. The van der Waals surface area contributed by atoms with Crippen LogP contribution < -0.4 is 27.4 Å². The van der Waals surface area contributed by atoms with Crippen LogP contribution >= 0.6 is 0 Å². The lowest BCUT2D eigenvalue weighted by molar-refractivity contribution is -0.692. The number of ether oxygens (including phenoxy) is 1. The molecule has 0 aliphatic heterocycles. The predicted octanol–water partition coefficient (Wildman–Crippen LogP) is -1.59. The van der Waals surface area contributed by atoms with Crippen LogP contribution in [0.2, 0.25) is 0 Å². The average molecular weight is 323 g/mol. The van der Waals surface area contributed by atoms with Crippen LogP contribution in [0, 0.1) is 6.92 Å². The third kappa shape index (κ3) is 3.49. The molecule has 0 aliphatic rings. The minimum Gasteiger partial charge on any atom is -1.00 e. The molecule has 2 rings (SSSR count). The maximum absolute atomic E-state index is 12.0. The van der Waals surface area contributed by atoms with E-state index in [1.165, 1.54) is 0 Å².